The first-order valence-corrected chi connectivity index (χ1v) is 10.9. The third-order valence-corrected chi connectivity index (χ3v) is 5.89. The molecule has 29 heavy (non-hydrogen) atoms. The number of benzene rings is 2. The standard InChI is InChI=1S/C25H28ClN3/c1-2-29-23(9-7-15-27-22-13-11-21(26)12-14-22)18-24-20(8-6-10-25(24)29)19-28-16-4-3-5-17-28/h6,8,10-14,18,27H,2-5,15-17,19H2,1H3. The topological polar surface area (TPSA) is 20.2 Å². The van der Waals surface area contributed by atoms with Crippen LogP contribution in [0.25, 0.3) is 10.9 Å². The van der Waals surface area contributed by atoms with Crippen LogP contribution >= 0.6 is 11.6 Å². The van der Waals surface area contributed by atoms with Crippen molar-refractivity contribution in [2.75, 3.05) is 25.0 Å². The van der Waals surface area contributed by atoms with Crippen LogP contribution < -0.4 is 5.32 Å². The lowest BCUT2D eigenvalue weighted by molar-refractivity contribution is 0.221. The molecule has 4 rings (SSSR count). The minimum absolute atomic E-state index is 0.605. The molecule has 1 aliphatic rings. The number of nitrogens with zero attached hydrogens (tertiary/aromatic N) is 2. The molecule has 0 aliphatic carbocycles. The van der Waals surface area contributed by atoms with E-state index in [9.17, 15) is 0 Å². The van der Waals surface area contributed by atoms with Crippen LogP contribution in [0.1, 0.15) is 37.4 Å². The average molecular weight is 406 g/mol. The lowest BCUT2D eigenvalue weighted by atomic mass is 10.1. The summed E-state index contributed by atoms with van der Waals surface area (Å²) in [4.78, 5) is 2.59. The predicted molar refractivity (Wildman–Crippen MR) is 124 cm³/mol. The maximum Gasteiger partial charge on any atom is 0.0931 e. The van der Waals surface area contributed by atoms with Gasteiger partial charge in [-0.15, -0.1) is 0 Å². The van der Waals surface area contributed by atoms with Gasteiger partial charge in [0.25, 0.3) is 0 Å². The van der Waals surface area contributed by atoms with Crippen molar-refractivity contribution in [3.8, 4) is 11.8 Å². The Morgan fingerprint density at radius 3 is 2.59 bits per heavy atom. The summed E-state index contributed by atoms with van der Waals surface area (Å²) in [5.41, 5.74) is 4.82. The molecule has 3 nitrogen and oxygen atoms in total. The first-order valence-electron chi connectivity index (χ1n) is 10.6. The second-order valence-electron chi connectivity index (χ2n) is 7.62. The number of piperidine rings is 1. The predicted octanol–water partition coefficient (Wildman–Crippen LogP) is 5.76. The Morgan fingerprint density at radius 2 is 1.83 bits per heavy atom. The van der Waals surface area contributed by atoms with Crippen LogP contribution in [0.15, 0.2) is 48.5 Å². The molecule has 0 atom stereocenters. The van der Waals surface area contributed by atoms with Crippen molar-refractivity contribution in [2.24, 2.45) is 0 Å². The molecular formula is C25H28ClN3. The summed E-state index contributed by atoms with van der Waals surface area (Å²) < 4.78 is 2.32. The number of nitrogens with one attached hydrogen (secondary N) is 1. The van der Waals surface area contributed by atoms with Gasteiger partial charge in [0, 0.05) is 34.7 Å². The number of fused-ring (bicyclic) bond motifs is 1. The quantitative estimate of drug-likeness (QED) is 0.544. The first-order chi connectivity index (χ1) is 14.2. The largest absolute Gasteiger partial charge is 0.374 e. The molecule has 3 aromatic rings. The van der Waals surface area contributed by atoms with Crippen molar-refractivity contribution in [3.63, 3.8) is 0 Å². The molecule has 0 bridgehead atoms. The van der Waals surface area contributed by atoms with E-state index in [-0.39, 0.29) is 0 Å². The van der Waals surface area contributed by atoms with E-state index in [1.165, 1.54) is 48.8 Å². The molecule has 2 heterocycles. The van der Waals surface area contributed by atoms with Crippen LogP contribution in [-0.2, 0) is 13.1 Å². The minimum Gasteiger partial charge on any atom is -0.374 e. The number of anilines is 1. The van der Waals surface area contributed by atoms with Gasteiger partial charge in [0.1, 0.15) is 0 Å². The van der Waals surface area contributed by atoms with E-state index in [4.69, 9.17) is 11.6 Å². The maximum absolute atomic E-state index is 5.94. The number of aryl methyl sites for hydroxylation is 1. The van der Waals surface area contributed by atoms with Crippen LogP contribution in [-0.4, -0.2) is 29.1 Å². The maximum atomic E-state index is 5.94. The van der Waals surface area contributed by atoms with Gasteiger partial charge >= 0.3 is 0 Å². The second-order valence-corrected chi connectivity index (χ2v) is 8.06. The fourth-order valence-electron chi connectivity index (χ4n) is 4.14. The molecule has 1 N–H and O–H groups in total. The van der Waals surface area contributed by atoms with Crippen molar-refractivity contribution < 1.29 is 0 Å². The van der Waals surface area contributed by atoms with Gasteiger partial charge in [-0.25, -0.2) is 0 Å². The summed E-state index contributed by atoms with van der Waals surface area (Å²) in [7, 11) is 0. The Balaban J connectivity index is 1.53. The molecule has 1 aliphatic heterocycles. The fraction of sp³-hybridized carbons (Fsp3) is 0.360. The minimum atomic E-state index is 0.605. The highest BCUT2D eigenvalue weighted by Crippen LogP contribution is 2.25. The van der Waals surface area contributed by atoms with Gasteiger partial charge in [-0.1, -0.05) is 36.1 Å². The fourth-order valence-corrected chi connectivity index (χ4v) is 4.26. The molecule has 1 fully saturated rings. The van der Waals surface area contributed by atoms with Crippen molar-refractivity contribution in [1.29, 1.82) is 0 Å². The number of hydrogen-bond acceptors (Lipinski definition) is 2. The monoisotopic (exact) mass is 405 g/mol. The van der Waals surface area contributed by atoms with Crippen molar-refractivity contribution in [2.45, 2.75) is 39.3 Å². The van der Waals surface area contributed by atoms with E-state index in [0.29, 0.717) is 6.54 Å². The van der Waals surface area contributed by atoms with Gasteiger partial charge in [-0.3, -0.25) is 4.90 Å². The third-order valence-electron chi connectivity index (χ3n) is 5.64. The Morgan fingerprint density at radius 1 is 1.03 bits per heavy atom. The van der Waals surface area contributed by atoms with Gasteiger partial charge in [0.05, 0.1) is 12.2 Å². The van der Waals surface area contributed by atoms with Gasteiger partial charge in [-0.2, -0.15) is 0 Å². The summed E-state index contributed by atoms with van der Waals surface area (Å²) >= 11 is 5.94. The Labute approximate surface area is 178 Å². The number of hydrogen-bond donors (Lipinski definition) is 1. The number of aromatic nitrogens is 1. The normalized spacial score (nSPS) is 14.6. The number of likely N-dealkylation sites (tertiary alicyclic amines) is 1. The number of halogens is 1. The molecular weight excluding hydrogens is 378 g/mol. The Hall–Kier alpha value is -2.41. The molecule has 1 aromatic heterocycles. The summed E-state index contributed by atoms with van der Waals surface area (Å²) in [5.74, 6) is 6.65. The highest BCUT2D eigenvalue weighted by molar-refractivity contribution is 6.30. The molecule has 2 aromatic carbocycles. The van der Waals surface area contributed by atoms with Crippen molar-refractivity contribution >= 4 is 28.2 Å². The summed E-state index contributed by atoms with van der Waals surface area (Å²) in [6, 6.07) is 16.7. The van der Waals surface area contributed by atoms with E-state index in [0.717, 1.165) is 29.5 Å². The molecule has 0 amide bonds. The smallest absolute Gasteiger partial charge is 0.0931 e. The highest BCUT2D eigenvalue weighted by Gasteiger charge is 2.14. The Bertz CT molecular complexity index is 1020. The van der Waals surface area contributed by atoms with E-state index >= 15 is 0 Å². The van der Waals surface area contributed by atoms with E-state index in [1.807, 2.05) is 24.3 Å². The highest BCUT2D eigenvalue weighted by atomic mass is 35.5. The van der Waals surface area contributed by atoms with Gasteiger partial charge in [0.2, 0.25) is 0 Å². The SMILES string of the molecule is CCn1c(C#CCNc2ccc(Cl)cc2)cc2c(CN3CCCCC3)cccc21. The zero-order valence-electron chi connectivity index (χ0n) is 17.0. The zero-order valence-corrected chi connectivity index (χ0v) is 17.8. The lowest BCUT2D eigenvalue weighted by Crippen LogP contribution is -2.29. The molecule has 150 valence electrons. The first kappa shape index (κ1) is 19.9. The summed E-state index contributed by atoms with van der Waals surface area (Å²) in [5, 5.41) is 5.42. The summed E-state index contributed by atoms with van der Waals surface area (Å²) in [6.07, 6.45) is 4.02. The Kier molecular flexibility index (Phi) is 6.44. The average Bonchev–Trinajstić information content (AvgIpc) is 3.12. The lowest BCUT2D eigenvalue weighted by Gasteiger charge is -2.26. The van der Waals surface area contributed by atoms with Crippen LogP contribution in [0.2, 0.25) is 5.02 Å². The zero-order chi connectivity index (χ0) is 20.1. The van der Waals surface area contributed by atoms with Gasteiger partial charge in [-0.05, 0) is 80.7 Å². The van der Waals surface area contributed by atoms with Crippen LogP contribution in [0.3, 0.4) is 0 Å². The van der Waals surface area contributed by atoms with Crippen molar-refractivity contribution in [3.05, 3.63) is 64.8 Å². The molecule has 0 saturated carbocycles. The molecule has 4 heteroatoms. The second kappa shape index (κ2) is 9.39. The van der Waals surface area contributed by atoms with E-state index in [2.05, 4.69) is 57.8 Å². The molecule has 0 unspecified atom stereocenters. The van der Waals surface area contributed by atoms with Gasteiger partial charge in [0.15, 0.2) is 0 Å². The van der Waals surface area contributed by atoms with E-state index in [1.54, 1.807) is 0 Å². The van der Waals surface area contributed by atoms with Crippen LogP contribution in [0.5, 0.6) is 0 Å². The van der Waals surface area contributed by atoms with Gasteiger partial charge < -0.3 is 9.88 Å². The molecule has 1 saturated heterocycles. The third kappa shape index (κ3) is 4.78. The molecule has 0 radical (unpaired) electrons. The van der Waals surface area contributed by atoms with E-state index < -0.39 is 0 Å². The van der Waals surface area contributed by atoms with Crippen LogP contribution in [0, 0.1) is 11.8 Å². The molecule has 0 spiro atoms. The number of rotatable bonds is 5. The summed E-state index contributed by atoms with van der Waals surface area (Å²) in [6.45, 7) is 7.19. The van der Waals surface area contributed by atoms with Crippen LogP contribution in [0.4, 0.5) is 5.69 Å². The van der Waals surface area contributed by atoms with Crippen molar-refractivity contribution in [1.82, 2.24) is 9.47 Å².